The first-order valence-electron chi connectivity index (χ1n) is 8.58. The maximum Gasteiger partial charge on any atom is 0.337 e. The summed E-state index contributed by atoms with van der Waals surface area (Å²) in [7, 11) is 4.48. The normalized spacial score (nSPS) is 11.1. The van der Waals surface area contributed by atoms with E-state index in [1.807, 2.05) is 54.6 Å². The molecule has 0 aliphatic rings. The van der Waals surface area contributed by atoms with E-state index in [1.54, 1.807) is 26.4 Å². The average Bonchev–Trinajstić information content (AvgIpc) is 2.74. The van der Waals surface area contributed by atoms with Gasteiger partial charge in [0.25, 0.3) is 0 Å². The Morgan fingerprint density at radius 2 is 1.36 bits per heavy atom. The van der Waals surface area contributed by atoms with Gasteiger partial charge in [-0.25, -0.2) is 4.79 Å². The number of hydrogen-bond donors (Lipinski definition) is 0. The lowest BCUT2D eigenvalue weighted by molar-refractivity contribution is 0.0322. The van der Waals surface area contributed by atoms with E-state index in [2.05, 4.69) is 4.74 Å². The molecule has 0 aliphatic heterocycles. The Morgan fingerprint density at radius 1 is 0.786 bits per heavy atom. The van der Waals surface area contributed by atoms with Crippen molar-refractivity contribution in [2.24, 2.45) is 0 Å². The topological polar surface area (TPSA) is 63.2 Å². The van der Waals surface area contributed by atoms with Gasteiger partial charge in [-0.1, -0.05) is 42.5 Å². The van der Waals surface area contributed by atoms with Crippen LogP contribution in [0.1, 0.15) is 21.5 Å². The molecular weight excluding hydrogens is 360 g/mol. The number of esters is 1. The smallest absolute Gasteiger partial charge is 0.337 e. The number of allylic oxidation sites excluding steroid dienone is 2. The first kappa shape index (κ1) is 21.2. The number of rotatable bonds is 10. The molecule has 0 heterocycles. The number of carbonyl (C=O) groups excluding carboxylic acids is 1. The van der Waals surface area contributed by atoms with Gasteiger partial charge in [0.05, 0.1) is 12.7 Å². The van der Waals surface area contributed by atoms with Crippen molar-refractivity contribution in [1.82, 2.24) is 0 Å². The standard InChI is InChI=1S/C22H24O6/c1-24-15-27-20-13-10-18(14-21(20)28-16-25-2)7-5-4-6-17-8-11-19(12-9-17)22(23)26-3/h4-14H,15-16H2,1-3H3/b6-4+,7-5+. The molecule has 0 amide bonds. The Labute approximate surface area is 164 Å². The van der Waals surface area contributed by atoms with Crippen LogP contribution in [0, 0.1) is 0 Å². The van der Waals surface area contributed by atoms with Gasteiger partial charge in [0.2, 0.25) is 0 Å². The van der Waals surface area contributed by atoms with Gasteiger partial charge in [0.1, 0.15) is 0 Å². The van der Waals surface area contributed by atoms with E-state index in [9.17, 15) is 4.79 Å². The Morgan fingerprint density at radius 3 is 1.96 bits per heavy atom. The molecular formula is C22H24O6. The van der Waals surface area contributed by atoms with Crippen LogP contribution in [0.4, 0.5) is 0 Å². The second kappa shape index (κ2) is 11.6. The average molecular weight is 384 g/mol. The summed E-state index contributed by atoms with van der Waals surface area (Å²) >= 11 is 0. The molecule has 2 aromatic rings. The highest BCUT2D eigenvalue weighted by Crippen LogP contribution is 2.29. The zero-order chi connectivity index (χ0) is 20.2. The van der Waals surface area contributed by atoms with Gasteiger partial charge in [-0.15, -0.1) is 0 Å². The first-order chi connectivity index (χ1) is 13.7. The van der Waals surface area contributed by atoms with Gasteiger partial charge in [-0.3, -0.25) is 0 Å². The summed E-state index contributed by atoms with van der Waals surface area (Å²) < 4.78 is 25.6. The zero-order valence-electron chi connectivity index (χ0n) is 16.2. The SMILES string of the molecule is COCOc1ccc(/C=C/C=C/c2ccc(C(=O)OC)cc2)cc1OCOC. The van der Waals surface area contributed by atoms with Crippen LogP contribution in [-0.2, 0) is 14.2 Å². The monoisotopic (exact) mass is 384 g/mol. The Hall–Kier alpha value is -3.09. The van der Waals surface area contributed by atoms with Crippen LogP contribution in [-0.4, -0.2) is 40.9 Å². The predicted molar refractivity (Wildman–Crippen MR) is 107 cm³/mol. The lowest BCUT2D eigenvalue weighted by atomic mass is 10.1. The lowest BCUT2D eigenvalue weighted by Gasteiger charge is -2.12. The number of carbonyl (C=O) groups is 1. The molecule has 0 spiro atoms. The van der Waals surface area contributed by atoms with Gasteiger partial charge >= 0.3 is 5.97 Å². The predicted octanol–water partition coefficient (Wildman–Crippen LogP) is 4.17. The number of benzene rings is 2. The molecule has 0 aromatic heterocycles. The highest BCUT2D eigenvalue weighted by Gasteiger charge is 2.06. The fraction of sp³-hybridized carbons (Fsp3) is 0.227. The summed E-state index contributed by atoms with van der Waals surface area (Å²) in [6, 6.07) is 12.8. The molecule has 0 saturated heterocycles. The highest BCUT2D eigenvalue weighted by atomic mass is 16.7. The second-order valence-corrected chi connectivity index (χ2v) is 5.64. The molecule has 0 unspecified atom stereocenters. The van der Waals surface area contributed by atoms with Gasteiger partial charge in [-0.05, 0) is 35.4 Å². The maximum absolute atomic E-state index is 11.4. The van der Waals surface area contributed by atoms with Crippen molar-refractivity contribution >= 4 is 18.1 Å². The summed E-state index contributed by atoms with van der Waals surface area (Å²) in [5.41, 5.74) is 2.45. The third-order valence-electron chi connectivity index (χ3n) is 3.65. The summed E-state index contributed by atoms with van der Waals surface area (Å²) in [6.45, 7) is 0.258. The van der Waals surface area contributed by atoms with Crippen molar-refractivity contribution in [1.29, 1.82) is 0 Å². The lowest BCUT2D eigenvalue weighted by Crippen LogP contribution is -2.04. The summed E-state index contributed by atoms with van der Waals surface area (Å²) in [5.74, 6) is 0.806. The highest BCUT2D eigenvalue weighted by molar-refractivity contribution is 5.89. The van der Waals surface area contributed by atoms with Crippen molar-refractivity contribution in [3.63, 3.8) is 0 Å². The van der Waals surface area contributed by atoms with Gasteiger partial charge in [0, 0.05) is 14.2 Å². The van der Waals surface area contributed by atoms with E-state index in [-0.39, 0.29) is 19.6 Å². The van der Waals surface area contributed by atoms with Crippen LogP contribution in [0.3, 0.4) is 0 Å². The molecule has 2 aromatic carbocycles. The molecule has 2 rings (SSSR count). The van der Waals surface area contributed by atoms with E-state index in [4.69, 9.17) is 18.9 Å². The largest absolute Gasteiger partial charge is 0.465 e. The quantitative estimate of drug-likeness (QED) is 0.348. The molecule has 0 fully saturated rings. The fourth-order valence-corrected chi connectivity index (χ4v) is 2.29. The van der Waals surface area contributed by atoms with E-state index < -0.39 is 0 Å². The minimum Gasteiger partial charge on any atom is -0.465 e. The molecule has 6 heteroatoms. The Kier molecular flexibility index (Phi) is 8.78. The molecule has 148 valence electrons. The molecule has 6 nitrogen and oxygen atoms in total. The molecule has 0 radical (unpaired) electrons. The van der Waals surface area contributed by atoms with Crippen LogP contribution < -0.4 is 9.47 Å². The van der Waals surface area contributed by atoms with Gasteiger partial charge < -0.3 is 23.7 Å². The molecule has 0 bridgehead atoms. The molecule has 0 N–H and O–H groups in total. The van der Waals surface area contributed by atoms with Crippen molar-refractivity contribution < 1.29 is 28.5 Å². The van der Waals surface area contributed by atoms with Gasteiger partial charge in [0.15, 0.2) is 25.1 Å². The molecule has 28 heavy (non-hydrogen) atoms. The van der Waals surface area contributed by atoms with Gasteiger partial charge in [-0.2, -0.15) is 0 Å². The minimum absolute atomic E-state index is 0.123. The minimum atomic E-state index is -0.347. The summed E-state index contributed by atoms with van der Waals surface area (Å²) in [4.78, 5) is 11.4. The van der Waals surface area contributed by atoms with Crippen molar-refractivity contribution in [3.8, 4) is 11.5 Å². The van der Waals surface area contributed by atoms with Crippen molar-refractivity contribution in [3.05, 3.63) is 71.3 Å². The molecule has 0 saturated carbocycles. The van der Waals surface area contributed by atoms with E-state index in [0.717, 1.165) is 11.1 Å². The van der Waals surface area contributed by atoms with E-state index >= 15 is 0 Å². The fourth-order valence-electron chi connectivity index (χ4n) is 2.29. The maximum atomic E-state index is 11.4. The number of methoxy groups -OCH3 is 3. The number of hydrogen-bond acceptors (Lipinski definition) is 6. The van der Waals surface area contributed by atoms with Crippen molar-refractivity contribution in [2.75, 3.05) is 34.9 Å². The first-order valence-corrected chi connectivity index (χ1v) is 8.58. The van der Waals surface area contributed by atoms with Crippen LogP contribution in [0.25, 0.3) is 12.2 Å². The molecule has 0 aliphatic carbocycles. The third kappa shape index (κ3) is 6.57. The second-order valence-electron chi connectivity index (χ2n) is 5.64. The van der Waals surface area contributed by atoms with Crippen molar-refractivity contribution in [2.45, 2.75) is 0 Å². The van der Waals surface area contributed by atoms with Crippen LogP contribution in [0.15, 0.2) is 54.6 Å². The summed E-state index contributed by atoms with van der Waals surface area (Å²) in [5, 5.41) is 0. The van der Waals surface area contributed by atoms with E-state index in [0.29, 0.717) is 17.1 Å². The Bertz CT molecular complexity index is 808. The summed E-state index contributed by atoms with van der Waals surface area (Å²) in [6.07, 6.45) is 7.71. The zero-order valence-corrected chi connectivity index (χ0v) is 16.2. The third-order valence-corrected chi connectivity index (χ3v) is 3.65. The van der Waals surface area contributed by atoms with Crippen LogP contribution in [0.2, 0.25) is 0 Å². The Balaban J connectivity index is 2.04. The van der Waals surface area contributed by atoms with E-state index in [1.165, 1.54) is 7.11 Å². The van der Waals surface area contributed by atoms with Crippen LogP contribution in [0.5, 0.6) is 11.5 Å². The molecule has 0 atom stereocenters. The van der Waals surface area contributed by atoms with Crippen LogP contribution >= 0.6 is 0 Å². The number of ether oxygens (including phenoxy) is 5.